The summed E-state index contributed by atoms with van der Waals surface area (Å²) in [5, 5.41) is 0. The molecule has 0 spiro atoms. The Balaban J connectivity index is 1.57. The SMILES string of the molecule is NNC(CCCC1CCCO1)CC1CCOC1. The average Bonchev–Trinajstić information content (AvgIpc) is 3.00. The van der Waals surface area contributed by atoms with Crippen molar-refractivity contribution in [2.24, 2.45) is 11.8 Å². The summed E-state index contributed by atoms with van der Waals surface area (Å²) in [5.41, 5.74) is 2.96. The van der Waals surface area contributed by atoms with Crippen LogP contribution in [-0.4, -0.2) is 32.0 Å². The standard InChI is InChI=1S/C13H26N2O2/c14-15-12(9-11-6-8-16-10-11)3-1-4-13-5-2-7-17-13/h11-13,15H,1-10,14H2. The Labute approximate surface area is 104 Å². The summed E-state index contributed by atoms with van der Waals surface area (Å²) >= 11 is 0. The fourth-order valence-electron chi connectivity index (χ4n) is 2.90. The van der Waals surface area contributed by atoms with Crippen molar-refractivity contribution in [3.8, 4) is 0 Å². The first-order valence-electron chi connectivity index (χ1n) is 7.04. The van der Waals surface area contributed by atoms with Crippen LogP contribution in [0.25, 0.3) is 0 Å². The number of hydrogen-bond acceptors (Lipinski definition) is 4. The Kier molecular flexibility index (Phi) is 5.71. The van der Waals surface area contributed by atoms with Gasteiger partial charge in [-0.15, -0.1) is 0 Å². The Morgan fingerprint density at radius 1 is 1.29 bits per heavy atom. The number of nitrogens with two attached hydrogens (primary N) is 1. The van der Waals surface area contributed by atoms with E-state index < -0.39 is 0 Å². The van der Waals surface area contributed by atoms with Gasteiger partial charge in [-0.05, 0) is 50.9 Å². The molecule has 0 aromatic heterocycles. The van der Waals surface area contributed by atoms with Crippen LogP contribution in [0, 0.1) is 5.92 Å². The molecular formula is C13H26N2O2. The molecule has 2 aliphatic rings. The molecule has 0 aromatic carbocycles. The Bertz CT molecular complexity index is 202. The minimum Gasteiger partial charge on any atom is -0.381 e. The fourth-order valence-corrected chi connectivity index (χ4v) is 2.90. The minimum atomic E-state index is 0.447. The minimum absolute atomic E-state index is 0.447. The molecule has 3 atom stereocenters. The van der Waals surface area contributed by atoms with E-state index in [-0.39, 0.29) is 0 Å². The molecule has 3 unspecified atom stereocenters. The van der Waals surface area contributed by atoms with E-state index >= 15 is 0 Å². The van der Waals surface area contributed by atoms with Crippen molar-refractivity contribution >= 4 is 0 Å². The second-order valence-electron chi connectivity index (χ2n) is 5.39. The van der Waals surface area contributed by atoms with E-state index in [9.17, 15) is 0 Å². The topological polar surface area (TPSA) is 56.5 Å². The van der Waals surface area contributed by atoms with Crippen LogP contribution >= 0.6 is 0 Å². The molecule has 2 heterocycles. The van der Waals surface area contributed by atoms with E-state index in [1.807, 2.05) is 0 Å². The summed E-state index contributed by atoms with van der Waals surface area (Å²) in [6, 6.07) is 0.447. The third kappa shape index (κ3) is 4.54. The molecule has 0 amide bonds. The molecule has 0 saturated carbocycles. The molecule has 2 fully saturated rings. The van der Waals surface area contributed by atoms with Gasteiger partial charge in [-0.3, -0.25) is 11.3 Å². The molecule has 0 aromatic rings. The predicted molar refractivity (Wildman–Crippen MR) is 67.5 cm³/mol. The molecule has 17 heavy (non-hydrogen) atoms. The Morgan fingerprint density at radius 2 is 2.24 bits per heavy atom. The van der Waals surface area contributed by atoms with E-state index in [1.54, 1.807) is 0 Å². The fraction of sp³-hybridized carbons (Fsp3) is 1.00. The Morgan fingerprint density at radius 3 is 2.88 bits per heavy atom. The van der Waals surface area contributed by atoms with Gasteiger partial charge in [0.25, 0.3) is 0 Å². The van der Waals surface area contributed by atoms with Crippen molar-refractivity contribution in [2.45, 2.75) is 57.1 Å². The summed E-state index contributed by atoms with van der Waals surface area (Å²) in [6.07, 6.45) is 8.92. The zero-order valence-corrected chi connectivity index (χ0v) is 10.7. The molecule has 3 N–H and O–H groups in total. The number of hydrazine groups is 1. The quantitative estimate of drug-likeness (QED) is 0.526. The third-order valence-electron chi connectivity index (χ3n) is 3.98. The van der Waals surface area contributed by atoms with Gasteiger partial charge < -0.3 is 9.47 Å². The van der Waals surface area contributed by atoms with Crippen molar-refractivity contribution in [1.82, 2.24) is 5.43 Å². The number of ether oxygens (including phenoxy) is 2. The van der Waals surface area contributed by atoms with E-state index in [0.717, 1.165) is 32.7 Å². The monoisotopic (exact) mass is 242 g/mol. The van der Waals surface area contributed by atoms with Crippen molar-refractivity contribution < 1.29 is 9.47 Å². The van der Waals surface area contributed by atoms with E-state index in [1.165, 1.54) is 32.1 Å². The van der Waals surface area contributed by atoms with Crippen LogP contribution in [0.5, 0.6) is 0 Å². The lowest BCUT2D eigenvalue weighted by molar-refractivity contribution is 0.101. The number of hydrogen-bond donors (Lipinski definition) is 2. The van der Waals surface area contributed by atoms with E-state index in [0.29, 0.717) is 18.1 Å². The summed E-state index contributed by atoms with van der Waals surface area (Å²) in [5.74, 6) is 6.33. The predicted octanol–water partition coefficient (Wildman–Crippen LogP) is 1.59. The second-order valence-corrected chi connectivity index (χ2v) is 5.39. The van der Waals surface area contributed by atoms with Gasteiger partial charge in [0.05, 0.1) is 6.10 Å². The number of rotatable bonds is 7. The van der Waals surface area contributed by atoms with Crippen LogP contribution < -0.4 is 11.3 Å². The van der Waals surface area contributed by atoms with Crippen LogP contribution in [0.4, 0.5) is 0 Å². The van der Waals surface area contributed by atoms with Crippen LogP contribution in [-0.2, 0) is 9.47 Å². The van der Waals surface area contributed by atoms with E-state index in [2.05, 4.69) is 5.43 Å². The first-order valence-corrected chi connectivity index (χ1v) is 7.04. The zero-order chi connectivity index (χ0) is 11.9. The van der Waals surface area contributed by atoms with Gasteiger partial charge >= 0.3 is 0 Å². The summed E-state index contributed by atoms with van der Waals surface area (Å²) in [7, 11) is 0. The molecule has 4 heteroatoms. The highest BCUT2D eigenvalue weighted by molar-refractivity contribution is 4.74. The van der Waals surface area contributed by atoms with Crippen molar-refractivity contribution in [3.63, 3.8) is 0 Å². The zero-order valence-electron chi connectivity index (χ0n) is 10.7. The van der Waals surface area contributed by atoms with Gasteiger partial charge in [0, 0.05) is 25.9 Å². The molecule has 100 valence electrons. The van der Waals surface area contributed by atoms with Gasteiger partial charge in [0.2, 0.25) is 0 Å². The lowest BCUT2D eigenvalue weighted by Gasteiger charge is -2.19. The van der Waals surface area contributed by atoms with Crippen LogP contribution in [0.2, 0.25) is 0 Å². The maximum atomic E-state index is 5.63. The maximum absolute atomic E-state index is 5.63. The Hall–Kier alpha value is -0.160. The highest BCUT2D eigenvalue weighted by Gasteiger charge is 2.21. The summed E-state index contributed by atoms with van der Waals surface area (Å²) in [6.45, 7) is 2.81. The molecular weight excluding hydrogens is 216 g/mol. The van der Waals surface area contributed by atoms with Gasteiger partial charge in [-0.25, -0.2) is 0 Å². The molecule has 0 radical (unpaired) electrons. The second kappa shape index (κ2) is 7.31. The molecule has 4 nitrogen and oxygen atoms in total. The van der Waals surface area contributed by atoms with Gasteiger partial charge in [0.15, 0.2) is 0 Å². The first kappa shape index (κ1) is 13.3. The lowest BCUT2D eigenvalue weighted by atomic mass is 9.95. The van der Waals surface area contributed by atoms with Gasteiger partial charge in [-0.1, -0.05) is 0 Å². The molecule has 0 bridgehead atoms. The maximum Gasteiger partial charge on any atom is 0.0576 e. The number of nitrogens with one attached hydrogen (secondary N) is 1. The lowest BCUT2D eigenvalue weighted by Crippen LogP contribution is -2.36. The largest absolute Gasteiger partial charge is 0.381 e. The first-order chi connectivity index (χ1) is 8.38. The van der Waals surface area contributed by atoms with E-state index in [4.69, 9.17) is 15.3 Å². The average molecular weight is 242 g/mol. The molecule has 2 rings (SSSR count). The smallest absolute Gasteiger partial charge is 0.0576 e. The molecule has 2 aliphatic heterocycles. The van der Waals surface area contributed by atoms with Crippen molar-refractivity contribution in [3.05, 3.63) is 0 Å². The summed E-state index contributed by atoms with van der Waals surface area (Å²) < 4.78 is 11.0. The molecule has 2 saturated heterocycles. The van der Waals surface area contributed by atoms with Crippen molar-refractivity contribution in [2.75, 3.05) is 19.8 Å². The van der Waals surface area contributed by atoms with Gasteiger partial charge in [0.1, 0.15) is 0 Å². The summed E-state index contributed by atoms with van der Waals surface area (Å²) in [4.78, 5) is 0. The normalized spacial score (nSPS) is 30.9. The highest BCUT2D eigenvalue weighted by Crippen LogP contribution is 2.22. The van der Waals surface area contributed by atoms with Gasteiger partial charge in [-0.2, -0.15) is 0 Å². The van der Waals surface area contributed by atoms with Crippen molar-refractivity contribution in [1.29, 1.82) is 0 Å². The van der Waals surface area contributed by atoms with Crippen LogP contribution in [0.1, 0.15) is 44.9 Å². The highest BCUT2D eigenvalue weighted by atomic mass is 16.5. The third-order valence-corrected chi connectivity index (χ3v) is 3.98. The van der Waals surface area contributed by atoms with Crippen LogP contribution in [0.15, 0.2) is 0 Å². The van der Waals surface area contributed by atoms with Crippen LogP contribution in [0.3, 0.4) is 0 Å². The molecule has 0 aliphatic carbocycles.